The van der Waals surface area contributed by atoms with Crippen LogP contribution in [0.4, 0.5) is 23.8 Å². The molecule has 1 N–H and O–H groups in total. The summed E-state index contributed by atoms with van der Waals surface area (Å²) in [6, 6.07) is 4.25. The number of nitrogens with zero attached hydrogens (tertiary/aromatic N) is 4. The zero-order valence-electron chi connectivity index (χ0n) is 18.2. The molecule has 0 aliphatic carbocycles. The smallest absolute Gasteiger partial charge is 0.407 e. The van der Waals surface area contributed by atoms with Crippen molar-refractivity contribution < 1.29 is 23.1 Å². The van der Waals surface area contributed by atoms with Crippen LogP contribution >= 0.6 is 15.9 Å². The Morgan fingerprint density at radius 1 is 1.15 bits per heavy atom. The third-order valence-electron chi connectivity index (χ3n) is 5.93. The summed E-state index contributed by atoms with van der Waals surface area (Å²) in [5.74, 6) is -1.94. The Kier molecular flexibility index (Phi) is 5.98. The van der Waals surface area contributed by atoms with Gasteiger partial charge in [-0.3, -0.25) is 0 Å². The average molecular weight is 523 g/mol. The normalized spacial score (nSPS) is 17.0. The minimum atomic E-state index is -0.984. The largest absolute Gasteiger partial charge is 0.465 e. The van der Waals surface area contributed by atoms with Crippen molar-refractivity contribution in [1.29, 1.82) is 0 Å². The second kappa shape index (κ2) is 8.48. The fourth-order valence-electron chi connectivity index (χ4n) is 4.25. The predicted molar refractivity (Wildman–Crippen MR) is 123 cm³/mol. The minimum absolute atomic E-state index is 0.00472. The van der Waals surface area contributed by atoms with E-state index in [0.29, 0.717) is 30.4 Å². The highest BCUT2D eigenvalue weighted by Crippen LogP contribution is 2.39. The number of anilines is 1. The van der Waals surface area contributed by atoms with Crippen molar-refractivity contribution in [2.75, 3.05) is 24.5 Å². The number of hydrogen-bond donors (Lipinski definition) is 1. The Labute approximate surface area is 197 Å². The van der Waals surface area contributed by atoms with Crippen molar-refractivity contribution >= 4 is 38.7 Å². The summed E-state index contributed by atoms with van der Waals surface area (Å²) in [6.07, 6.45) is 0.247. The van der Waals surface area contributed by atoms with Crippen LogP contribution in [0.2, 0.25) is 0 Å². The molecule has 4 rings (SSSR count). The van der Waals surface area contributed by atoms with Crippen molar-refractivity contribution in [3.05, 3.63) is 52.5 Å². The molecule has 2 heterocycles. The molecule has 6 nitrogen and oxygen atoms in total. The highest BCUT2D eigenvalue weighted by molar-refractivity contribution is 9.10. The van der Waals surface area contributed by atoms with Gasteiger partial charge in [-0.1, -0.05) is 36.7 Å². The van der Waals surface area contributed by atoms with Gasteiger partial charge in [0.15, 0.2) is 5.82 Å². The molecule has 1 aliphatic rings. The zero-order chi connectivity index (χ0) is 24.1. The molecule has 1 atom stereocenters. The number of rotatable bonds is 2. The zero-order valence-corrected chi connectivity index (χ0v) is 19.8. The van der Waals surface area contributed by atoms with E-state index in [1.807, 2.05) is 25.7 Å². The number of benzene rings is 2. The third kappa shape index (κ3) is 4.23. The molecule has 0 spiro atoms. The lowest BCUT2D eigenvalue weighted by atomic mass is 9.84. The van der Waals surface area contributed by atoms with Crippen LogP contribution < -0.4 is 4.90 Å². The first kappa shape index (κ1) is 23.3. The van der Waals surface area contributed by atoms with Crippen LogP contribution in [0.3, 0.4) is 0 Å². The number of carbonyl (C=O) groups is 1. The highest BCUT2D eigenvalue weighted by atomic mass is 79.9. The lowest BCUT2D eigenvalue weighted by Gasteiger charge is -2.46. The van der Waals surface area contributed by atoms with Crippen LogP contribution in [-0.4, -0.2) is 51.7 Å². The Morgan fingerprint density at radius 3 is 2.52 bits per heavy atom. The van der Waals surface area contributed by atoms with Gasteiger partial charge >= 0.3 is 6.09 Å². The molecule has 0 saturated carbocycles. The molecule has 1 fully saturated rings. The maximum atomic E-state index is 15.6. The monoisotopic (exact) mass is 522 g/mol. The quantitative estimate of drug-likeness (QED) is 0.468. The molecule has 3 aromatic rings. The first-order valence-corrected chi connectivity index (χ1v) is 11.1. The van der Waals surface area contributed by atoms with E-state index in [9.17, 15) is 18.7 Å². The molecule has 0 radical (unpaired) electrons. The highest BCUT2D eigenvalue weighted by Gasteiger charge is 2.39. The molecule has 10 heteroatoms. The number of fused-ring (bicyclic) bond motifs is 1. The molecular formula is C23H22BrF3N4O2. The first-order chi connectivity index (χ1) is 15.5. The van der Waals surface area contributed by atoms with Crippen molar-refractivity contribution in [1.82, 2.24) is 14.9 Å². The number of aromatic nitrogens is 2. The topological polar surface area (TPSA) is 69.6 Å². The van der Waals surface area contributed by atoms with Crippen LogP contribution in [0, 0.1) is 22.9 Å². The van der Waals surface area contributed by atoms with Gasteiger partial charge in [0.05, 0.1) is 6.04 Å². The summed E-state index contributed by atoms with van der Waals surface area (Å²) in [6.45, 7) is 6.91. The number of amides is 1. The molecule has 2 aromatic carbocycles. The molecule has 174 valence electrons. The Hall–Kier alpha value is -2.88. The van der Waals surface area contributed by atoms with Gasteiger partial charge in [0.25, 0.3) is 0 Å². The van der Waals surface area contributed by atoms with Gasteiger partial charge in [0.1, 0.15) is 29.3 Å². The summed E-state index contributed by atoms with van der Waals surface area (Å²) < 4.78 is 43.6. The van der Waals surface area contributed by atoms with Crippen LogP contribution in [0.15, 0.2) is 35.1 Å². The standard InChI is InChI=1S/C23H22BrF3N4O2/c1-23(2,3)17-10-30(6-7-31(17)22(32)33)21-14-9-15(24)18(19(27)20(14)28-11-29-21)13-5-4-12(25)8-16(13)26/h4-5,8-9,11,17H,6-7,10H2,1-3H3,(H,32,33). The van der Waals surface area contributed by atoms with E-state index in [-0.39, 0.29) is 39.1 Å². The molecule has 33 heavy (non-hydrogen) atoms. The molecule has 1 aliphatic heterocycles. The van der Waals surface area contributed by atoms with Crippen LogP contribution in [-0.2, 0) is 0 Å². The van der Waals surface area contributed by atoms with Gasteiger partial charge in [-0.05, 0) is 23.6 Å². The van der Waals surface area contributed by atoms with Crippen LogP contribution in [0.25, 0.3) is 22.0 Å². The molecule has 1 amide bonds. The maximum Gasteiger partial charge on any atom is 0.407 e. The fraction of sp³-hybridized carbons (Fsp3) is 0.348. The molecule has 0 bridgehead atoms. The summed E-state index contributed by atoms with van der Waals surface area (Å²) in [5, 5.41) is 10.0. The van der Waals surface area contributed by atoms with Crippen molar-refractivity contribution in [2.45, 2.75) is 26.8 Å². The Bertz CT molecular complexity index is 1250. The maximum absolute atomic E-state index is 15.6. The van der Waals surface area contributed by atoms with E-state index in [1.54, 1.807) is 6.07 Å². The van der Waals surface area contributed by atoms with Crippen molar-refractivity contribution in [3.8, 4) is 11.1 Å². The summed E-state index contributed by atoms with van der Waals surface area (Å²) in [7, 11) is 0. The van der Waals surface area contributed by atoms with E-state index in [2.05, 4.69) is 25.9 Å². The average Bonchev–Trinajstić information content (AvgIpc) is 2.73. The predicted octanol–water partition coefficient (Wildman–Crippen LogP) is 5.69. The summed E-state index contributed by atoms with van der Waals surface area (Å²) in [5.41, 5.74) is -0.493. The Balaban J connectivity index is 1.82. The van der Waals surface area contributed by atoms with Gasteiger partial charge in [-0.15, -0.1) is 0 Å². The van der Waals surface area contributed by atoms with Gasteiger partial charge in [-0.25, -0.2) is 27.9 Å². The first-order valence-electron chi connectivity index (χ1n) is 10.3. The van der Waals surface area contributed by atoms with Crippen molar-refractivity contribution in [2.24, 2.45) is 5.41 Å². The van der Waals surface area contributed by atoms with Gasteiger partial charge < -0.3 is 14.9 Å². The summed E-state index contributed by atoms with van der Waals surface area (Å²) >= 11 is 3.33. The number of carboxylic acid groups (broad SMARTS) is 1. The molecule has 1 unspecified atom stereocenters. The molecule has 1 saturated heterocycles. The number of piperazine rings is 1. The van der Waals surface area contributed by atoms with Gasteiger partial charge in [-0.2, -0.15) is 0 Å². The van der Waals surface area contributed by atoms with E-state index >= 15 is 4.39 Å². The number of halogens is 4. The van der Waals surface area contributed by atoms with Crippen molar-refractivity contribution in [3.63, 3.8) is 0 Å². The second-order valence-electron chi connectivity index (χ2n) is 9.07. The lowest BCUT2D eigenvalue weighted by Crippen LogP contribution is -2.59. The fourth-order valence-corrected chi connectivity index (χ4v) is 4.87. The lowest BCUT2D eigenvalue weighted by molar-refractivity contribution is 0.0747. The van der Waals surface area contributed by atoms with Crippen LogP contribution in [0.1, 0.15) is 20.8 Å². The third-order valence-corrected chi connectivity index (χ3v) is 6.55. The van der Waals surface area contributed by atoms with E-state index in [1.165, 1.54) is 17.3 Å². The number of hydrogen-bond acceptors (Lipinski definition) is 4. The van der Waals surface area contributed by atoms with Gasteiger partial charge in [0.2, 0.25) is 0 Å². The van der Waals surface area contributed by atoms with E-state index in [4.69, 9.17) is 0 Å². The summed E-state index contributed by atoms with van der Waals surface area (Å²) in [4.78, 5) is 23.5. The molecule has 1 aromatic heterocycles. The minimum Gasteiger partial charge on any atom is -0.465 e. The van der Waals surface area contributed by atoms with Crippen LogP contribution in [0.5, 0.6) is 0 Å². The Morgan fingerprint density at radius 2 is 1.88 bits per heavy atom. The van der Waals surface area contributed by atoms with E-state index < -0.39 is 23.5 Å². The van der Waals surface area contributed by atoms with E-state index in [0.717, 1.165) is 6.07 Å². The van der Waals surface area contributed by atoms with Gasteiger partial charge in [0, 0.05) is 46.7 Å². The molecular weight excluding hydrogens is 501 g/mol. The second-order valence-corrected chi connectivity index (χ2v) is 9.92. The SMILES string of the molecule is CC(C)(C)C1CN(c2ncnc3c(F)c(-c4ccc(F)cc4F)c(Br)cc23)CCN1C(=O)O.